The van der Waals surface area contributed by atoms with Crippen LogP contribution in [0.3, 0.4) is 0 Å². The van der Waals surface area contributed by atoms with E-state index in [1.54, 1.807) is 12.1 Å². The molecule has 0 N–H and O–H groups in total. The van der Waals surface area contributed by atoms with Crippen LogP contribution in [-0.2, 0) is 0 Å². The Morgan fingerprint density at radius 1 is 0.929 bits per heavy atom. The Kier molecular flexibility index (Phi) is 3.03. The van der Waals surface area contributed by atoms with Gasteiger partial charge in [-0.2, -0.15) is 0 Å². The fourth-order valence-corrected chi connectivity index (χ4v) is 2.65. The van der Waals surface area contributed by atoms with Crippen molar-refractivity contribution in [1.82, 2.24) is 0 Å². The van der Waals surface area contributed by atoms with Gasteiger partial charge >= 0.3 is 0 Å². The van der Waals surface area contributed by atoms with Crippen molar-refractivity contribution in [1.29, 1.82) is 0 Å². The van der Waals surface area contributed by atoms with Gasteiger partial charge in [-0.3, -0.25) is 0 Å². The van der Waals surface area contributed by atoms with E-state index >= 15 is 0 Å². The van der Waals surface area contributed by atoms with E-state index in [1.807, 2.05) is 17.5 Å². The Balaban J connectivity index is 2.58. The third-order valence-corrected chi connectivity index (χ3v) is 3.56. The smallest absolute Gasteiger partial charge is 0.101 e. The second-order valence-electron chi connectivity index (χ2n) is 2.73. The first kappa shape index (κ1) is 10.3. The second-order valence-corrected chi connectivity index (χ2v) is 5.09. The van der Waals surface area contributed by atoms with Crippen molar-refractivity contribution in [2.45, 2.75) is 0 Å². The average molecular weight is 264 g/mol. The zero-order valence-electron chi connectivity index (χ0n) is 6.93. The molecule has 0 amide bonds. The predicted octanol–water partition coefficient (Wildman–Crippen LogP) is 5.38. The average Bonchev–Trinajstić information content (AvgIpc) is 2.52. The first-order valence-electron chi connectivity index (χ1n) is 3.87. The normalized spacial score (nSPS) is 10.5. The topological polar surface area (TPSA) is 0 Å². The van der Waals surface area contributed by atoms with E-state index in [0.29, 0.717) is 10.0 Å². The van der Waals surface area contributed by atoms with Gasteiger partial charge in [-0.05, 0) is 23.6 Å². The van der Waals surface area contributed by atoms with Crippen LogP contribution in [0.5, 0.6) is 0 Å². The third-order valence-electron chi connectivity index (χ3n) is 1.84. The van der Waals surface area contributed by atoms with Gasteiger partial charge < -0.3 is 0 Å². The van der Waals surface area contributed by atoms with E-state index in [2.05, 4.69) is 0 Å². The molecule has 1 aromatic carbocycles. The number of benzene rings is 1. The van der Waals surface area contributed by atoms with E-state index in [0.717, 1.165) is 15.5 Å². The molecule has 0 unspecified atom stereocenters. The lowest BCUT2D eigenvalue weighted by atomic mass is 10.1. The molecule has 0 atom stereocenters. The molecule has 2 rings (SSSR count). The van der Waals surface area contributed by atoms with Crippen molar-refractivity contribution >= 4 is 46.1 Å². The van der Waals surface area contributed by atoms with Gasteiger partial charge in [0.25, 0.3) is 0 Å². The summed E-state index contributed by atoms with van der Waals surface area (Å²) in [6.45, 7) is 0. The van der Waals surface area contributed by atoms with Gasteiger partial charge in [0.2, 0.25) is 0 Å². The Labute approximate surface area is 101 Å². The minimum Gasteiger partial charge on any atom is -0.131 e. The molecule has 0 aliphatic heterocycles. The van der Waals surface area contributed by atoms with Crippen LogP contribution in [0.1, 0.15) is 0 Å². The third kappa shape index (κ3) is 1.91. The quantitative estimate of drug-likeness (QED) is 0.648. The molecule has 1 aromatic heterocycles. The van der Waals surface area contributed by atoms with Crippen molar-refractivity contribution in [3.63, 3.8) is 0 Å². The van der Waals surface area contributed by atoms with E-state index in [9.17, 15) is 0 Å². The Morgan fingerprint density at radius 3 is 2.29 bits per heavy atom. The highest BCUT2D eigenvalue weighted by molar-refractivity contribution is 7.15. The Hall–Kier alpha value is -0.210. The zero-order valence-corrected chi connectivity index (χ0v) is 10.0. The zero-order chi connectivity index (χ0) is 10.1. The van der Waals surface area contributed by atoms with Crippen LogP contribution in [0, 0.1) is 0 Å². The molecule has 0 bridgehead atoms. The van der Waals surface area contributed by atoms with E-state index < -0.39 is 0 Å². The molecule has 0 spiro atoms. The Morgan fingerprint density at radius 2 is 1.71 bits per heavy atom. The summed E-state index contributed by atoms with van der Waals surface area (Å²) < 4.78 is 0.745. The highest BCUT2D eigenvalue weighted by Gasteiger charge is 2.08. The summed E-state index contributed by atoms with van der Waals surface area (Å²) in [6.07, 6.45) is 0. The van der Waals surface area contributed by atoms with Gasteiger partial charge in [-0.1, -0.05) is 40.9 Å². The standard InChI is InChI=1S/C10H5Cl3S/c11-6-1-2-7(9(12)5-6)8-3-4-14-10(8)13/h1-5H. The lowest BCUT2D eigenvalue weighted by molar-refractivity contribution is 1.67. The first-order chi connectivity index (χ1) is 6.68. The lowest BCUT2D eigenvalue weighted by Crippen LogP contribution is -1.76. The largest absolute Gasteiger partial charge is 0.131 e. The number of halogens is 3. The SMILES string of the molecule is Clc1ccc(-c2ccsc2Cl)c(Cl)c1. The molecule has 0 aliphatic rings. The molecule has 0 saturated carbocycles. The Bertz CT molecular complexity index is 462. The maximum absolute atomic E-state index is 6.05. The molecule has 1 heterocycles. The maximum Gasteiger partial charge on any atom is 0.101 e. The van der Waals surface area contributed by atoms with Gasteiger partial charge in [0.15, 0.2) is 0 Å². The molecule has 2 aromatic rings. The predicted molar refractivity (Wildman–Crippen MR) is 64.8 cm³/mol. The summed E-state index contributed by atoms with van der Waals surface area (Å²) in [7, 11) is 0. The van der Waals surface area contributed by atoms with Crippen molar-refractivity contribution in [3.8, 4) is 11.1 Å². The van der Waals surface area contributed by atoms with Crippen molar-refractivity contribution in [3.05, 3.63) is 44.0 Å². The number of rotatable bonds is 1. The van der Waals surface area contributed by atoms with Crippen LogP contribution in [0.15, 0.2) is 29.6 Å². The van der Waals surface area contributed by atoms with Crippen LogP contribution in [-0.4, -0.2) is 0 Å². The summed E-state index contributed by atoms with van der Waals surface area (Å²) in [5, 5.41) is 3.19. The first-order valence-corrected chi connectivity index (χ1v) is 5.88. The molecular formula is C10H5Cl3S. The maximum atomic E-state index is 6.05. The molecule has 0 radical (unpaired) electrons. The molecule has 72 valence electrons. The van der Waals surface area contributed by atoms with Gasteiger partial charge in [-0.15, -0.1) is 11.3 Å². The molecular weight excluding hydrogens is 259 g/mol. The van der Waals surface area contributed by atoms with Crippen molar-refractivity contribution in [2.75, 3.05) is 0 Å². The van der Waals surface area contributed by atoms with Gasteiger partial charge in [0, 0.05) is 21.2 Å². The molecule has 0 aliphatic carbocycles. The highest BCUT2D eigenvalue weighted by Crippen LogP contribution is 2.37. The van der Waals surface area contributed by atoms with Crippen LogP contribution >= 0.6 is 46.1 Å². The lowest BCUT2D eigenvalue weighted by Gasteiger charge is -2.02. The van der Waals surface area contributed by atoms with Crippen LogP contribution in [0.2, 0.25) is 14.4 Å². The van der Waals surface area contributed by atoms with E-state index in [1.165, 1.54) is 11.3 Å². The number of hydrogen-bond acceptors (Lipinski definition) is 1. The van der Waals surface area contributed by atoms with Gasteiger partial charge in [0.05, 0.1) is 0 Å². The van der Waals surface area contributed by atoms with E-state index in [4.69, 9.17) is 34.8 Å². The highest BCUT2D eigenvalue weighted by atomic mass is 35.5. The number of hydrogen-bond donors (Lipinski definition) is 0. The molecule has 0 nitrogen and oxygen atoms in total. The minimum atomic E-state index is 0.623. The summed E-state index contributed by atoms with van der Waals surface area (Å²) in [5.74, 6) is 0. The van der Waals surface area contributed by atoms with Gasteiger partial charge in [-0.25, -0.2) is 0 Å². The second kappa shape index (κ2) is 4.11. The van der Waals surface area contributed by atoms with Crippen molar-refractivity contribution < 1.29 is 0 Å². The van der Waals surface area contributed by atoms with E-state index in [-0.39, 0.29) is 0 Å². The molecule has 4 heteroatoms. The minimum absolute atomic E-state index is 0.623. The van der Waals surface area contributed by atoms with Gasteiger partial charge in [0.1, 0.15) is 4.34 Å². The fraction of sp³-hybridized carbons (Fsp3) is 0. The van der Waals surface area contributed by atoms with Crippen molar-refractivity contribution in [2.24, 2.45) is 0 Å². The van der Waals surface area contributed by atoms with Crippen LogP contribution < -0.4 is 0 Å². The fourth-order valence-electron chi connectivity index (χ4n) is 1.19. The summed E-state index contributed by atoms with van der Waals surface area (Å²) >= 11 is 19.4. The number of thiophene rings is 1. The van der Waals surface area contributed by atoms with Crippen LogP contribution in [0.25, 0.3) is 11.1 Å². The van der Waals surface area contributed by atoms with Crippen LogP contribution in [0.4, 0.5) is 0 Å². The summed E-state index contributed by atoms with van der Waals surface area (Å²) in [5.41, 5.74) is 1.88. The summed E-state index contributed by atoms with van der Waals surface area (Å²) in [6, 6.07) is 7.34. The summed E-state index contributed by atoms with van der Waals surface area (Å²) in [4.78, 5) is 0. The molecule has 0 fully saturated rings. The monoisotopic (exact) mass is 262 g/mol. The molecule has 0 saturated heterocycles. The molecule has 14 heavy (non-hydrogen) atoms.